The van der Waals surface area contributed by atoms with Crippen LogP contribution in [0.5, 0.6) is 23.0 Å². The number of phenols is 2. The molecular weight excluding hydrogens is 432 g/mol. The lowest BCUT2D eigenvalue weighted by molar-refractivity contribution is -0.157. The monoisotopic (exact) mass is 462 g/mol. The zero-order valence-corrected chi connectivity index (χ0v) is 18.5. The van der Waals surface area contributed by atoms with E-state index in [0.717, 1.165) is 29.0 Å². The molecule has 1 aliphatic carbocycles. The molecule has 0 radical (unpaired) electrons. The first-order chi connectivity index (χ1) is 15.7. The predicted octanol–water partition coefficient (Wildman–Crippen LogP) is 1.07. The molecule has 33 heavy (non-hydrogen) atoms. The van der Waals surface area contributed by atoms with E-state index in [1.807, 2.05) is 25.1 Å². The van der Waals surface area contributed by atoms with Gasteiger partial charge in [0.05, 0.1) is 13.2 Å². The van der Waals surface area contributed by atoms with Gasteiger partial charge in [0.25, 0.3) is 0 Å². The Bertz CT molecular complexity index is 965. The van der Waals surface area contributed by atoms with Crippen LogP contribution in [-0.4, -0.2) is 74.6 Å². The van der Waals surface area contributed by atoms with Crippen LogP contribution in [0.25, 0.3) is 0 Å². The van der Waals surface area contributed by atoms with Crippen molar-refractivity contribution in [1.82, 2.24) is 0 Å². The lowest BCUT2D eigenvalue weighted by atomic mass is 9.81. The molecular formula is C24H30O9. The van der Waals surface area contributed by atoms with Crippen LogP contribution in [-0.2, 0) is 6.42 Å². The van der Waals surface area contributed by atoms with Crippen molar-refractivity contribution in [3.63, 3.8) is 0 Å². The SMILES string of the molecule is COc1ccc(CCC(=O)c2c(O)cc(O[C@@H]3C[C@H](CO)[C@@H](O)[C@H](O)[C@H]3O)cc2O)cc1C. The standard InChI is InChI=1S/C24H30O9/c1-12-7-13(4-6-19(12)32-2)3-5-16(26)21-17(27)9-15(10-18(21)28)33-20-8-14(11-25)22(29)24(31)23(20)30/h4,6-7,9-10,14,20,22-25,27-31H,3,5,8,11H2,1-2H3/t14-,20-,22-,23+,24+/m1/s1. The molecule has 0 aromatic heterocycles. The highest BCUT2D eigenvalue weighted by Gasteiger charge is 2.43. The molecule has 6 N–H and O–H groups in total. The van der Waals surface area contributed by atoms with Crippen LogP contribution < -0.4 is 9.47 Å². The van der Waals surface area contributed by atoms with Crippen molar-refractivity contribution in [2.75, 3.05) is 13.7 Å². The normalized spacial score (nSPS) is 25.0. The first-order valence-corrected chi connectivity index (χ1v) is 10.7. The Morgan fingerprint density at radius 2 is 1.70 bits per heavy atom. The number of hydrogen-bond acceptors (Lipinski definition) is 9. The number of hydrogen-bond donors (Lipinski definition) is 6. The minimum atomic E-state index is -1.52. The van der Waals surface area contributed by atoms with E-state index in [0.29, 0.717) is 6.42 Å². The molecule has 0 unspecified atom stereocenters. The number of rotatable bonds is 8. The van der Waals surface area contributed by atoms with Crippen LogP contribution >= 0.6 is 0 Å². The van der Waals surface area contributed by atoms with E-state index >= 15 is 0 Å². The van der Waals surface area contributed by atoms with Gasteiger partial charge in [-0.2, -0.15) is 0 Å². The third-order valence-electron chi connectivity index (χ3n) is 6.07. The second kappa shape index (κ2) is 10.4. The highest BCUT2D eigenvalue weighted by molar-refractivity contribution is 6.01. The predicted molar refractivity (Wildman–Crippen MR) is 118 cm³/mol. The van der Waals surface area contributed by atoms with Crippen LogP contribution in [0.4, 0.5) is 0 Å². The van der Waals surface area contributed by atoms with Gasteiger partial charge in [-0.25, -0.2) is 0 Å². The second-order valence-corrected chi connectivity index (χ2v) is 8.37. The molecule has 0 heterocycles. The number of ether oxygens (including phenoxy) is 2. The maximum atomic E-state index is 12.7. The summed E-state index contributed by atoms with van der Waals surface area (Å²) in [5, 5.41) is 60.2. The zero-order chi connectivity index (χ0) is 24.3. The fourth-order valence-electron chi connectivity index (χ4n) is 4.17. The number of carbonyl (C=O) groups is 1. The minimum Gasteiger partial charge on any atom is -0.507 e. The molecule has 3 rings (SSSR count). The minimum absolute atomic E-state index is 0.0309. The topological polar surface area (TPSA) is 157 Å². The van der Waals surface area contributed by atoms with Gasteiger partial charge < -0.3 is 40.1 Å². The Labute approximate surface area is 191 Å². The molecule has 0 spiro atoms. The molecule has 1 saturated carbocycles. The molecule has 0 saturated heterocycles. The number of Topliss-reactive ketones (excluding diaryl/α,β-unsaturated/α-hetero) is 1. The van der Waals surface area contributed by atoms with Crippen molar-refractivity contribution >= 4 is 5.78 Å². The van der Waals surface area contributed by atoms with E-state index in [4.69, 9.17) is 9.47 Å². The molecule has 2 aromatic carbocycles. The molecule has 0 aliphatic heterocycles. The number of benzene rings is 2. The maximum Gasteiger partial charge on any atom is 0.170 e. The first-order valence-electron chi connectivity index (χ1n) is 10.7. The summed E-state index contributed by atoms with van der Waals surface area (Å²) in [4.78, 5) is 12.7. The van der Waals surface area contributed by atoms with Gasteiger partial charge in [-0.1, -0.05) is 12.1 Å². The van der Waals surface area contributed by atoms with Crippen molar-refractivity contribution in [3.8, 4) is 23.0 Å². The van der Waals surface area contributed by atoms with Crippen molar-refractivity contribution < 1.29 is 44.9 Å². The number of ketones is 1. The molecule has 0 bridgehead atoms. The molecule has 1 aliphatic rings. The van der Waals surface area contributed by atoms with Gasteiger partial charge in [-0.3, -0.25) is 4.79 Å². The first kappa shape index (κ1) is 24.8. The Balaban J connectivity index is 1.70. The molecule has 180 valence electrons. The van der Waals surface area contributed by atoms with E-state index in [9.17, 15) is 35.4 Å². The summed E-state index contributed by atoms with van der Waals surface area (Å²) in [6, 6.07) is 7.85. The third-order valence-corrected chi connectivity index (χ3v) is 6.07. The Morgan fingerprint density at radius 3 is 2.27 bits per heavy atom. The quantitative estimate of drug-likeness (QED) is 0.316. The van der Waals surface area contributed by atoms with Crippen molar-refractivity contribution in [2.45, 2.75) is 50.6 Å². The Hall–Kier alpha value is -2.85. The Kier molecular flexibility index (Phi) is 7.80. The van der Waals surface area contributed by atoms with E-state index in [1.165, 1.54) is 0 Å². The van der Waals surface area contributed by atoms with E-state index < -0.39 is 54.2 Å². The number of aliphatic hydroxyl groups excluding tert-OH is 4. The molecule has 1 fully saturated rings. The average Bonchev–Trinajstić information content (AvgIpc) is 2.77. The van der Waals surface area contributed by atoms with Crippen LogP contribution in [0.3, 0.4) is 0 Å². The van der Waals surface area contributed by atoms with Crippen molar-refractivity contribution in [1.29, 1.82) is 0 Å². The van der Waals surface area contributed by atoms with Gasteiger partial charge in [0.15, 0.2) is 5.78 Å². The molecule has 5 atom stereocenters. The fraction of sp³-hybridized carbons (Fsp3) is 0.458. The summed E-state index contributed by atoms with van der Waals surface area (Å²) >= 11 is 0. The Morgan fingerprint density at radius 1 is 1.03 bits per heavy atom. The zero-order valence-electron chi connectivity index (χ0n) is 18.5. The lowest BCUT2D eigenvalue weighted by Crippen LogP contribution is -2.56. The highest BCUT2D eigenvalue weighted by atomic mass is 16.5. The summed E-state index contributed by atoms with van der Waals surface area (Å²) in [6.07, 6.45) is -4.78. The van der Waals surface area contributed by atoms with Gasteiger partial charge in [0.1, 0.15) is 46.9 Å². The number of aliphatic hydroxyl groups is 4. The van der Waals surface area contributed by atoms with E-state index in [1.54, 1.807) is 7.11 Å². The van der Waals surface area contributed by atoms with Gasteiger partial charge in [-0.15, -0.1) is 0 Å². The highest BCUT2D eigenvalue weighted by Crippen LogP contribution is 2.36. The van der Waals surface area contributed by atoms with Gasteiger partial charge in [-0.05, 0) is 37.0 Å². The second-order valence-electron chi connectivity index (χ2n) is 8.37. The smallest absolute Gasteiger partial charge is 0.170 e. The third kappa shape index (κ3) is 5.39. The summed E-state index contributed by atoms with van der Waals surface area (Å²) in [5.41, 5.74) is 1.60. The maximum absolute atomic E-state index is 12.7. The summed E-state index contributed by atoms with van der Waals surface area (Å²) in [6.45, 7) is 1.48. The average molecular weight is 462 g/mol. The lowest BCUT2D eigenvalue weighted by Gasteiger charge is -2.39. The van der Waals surface area contributed by atoms with Crippen molar-refractivity contribution in [3.05, 3.63) is 47.0 Å². The number of aromatic hydroxyl groups is 2. The summed E-state index contributed by atoms with van der Waals surface area (Å²) < 4.78 is 10.8. The van der Waals surface area contributed by atoms with Crippen LogP contribution in [0.15, 0.2) is 30.3 Å². The number of phenolic OH excluding ortho intramolecular Hbond substituents is 2. The molecule has 9 nitrogen and oxygen atoms in total. The fourth-order valence-corrected chi connectivity index (χ4v) is 4.17. The van der Waals surface area contributed by atoms with E-state index in [2.05, 4.69) is 0 Å². The van der Waals surface area contributed by atoms with Crippen molar-refractivity contribution in [2.24, 2.45) is 5.92 Å². The number of aryl methyl sites for hydroxylation is 2. The van der Waals surface area contributed by atoms with Gasteiger partial charge >= 0.3 is 0 Å². The van der Waals surface area contributed by atoms with Gasteiger partial charge in [0.2, 0.25) is 0 Å². The molecule has 9 heteroatoms. The number of carbonyl (C=O) groups excluding carboxylic acids is 1. The largest absolute Gasteiger partial charge is 0.507 e. The van der Waals surface area contributed by atoms with Gasteiger partial charge in [0, 0.05) is 31.1 Å². The summed E-state index contributed by atoms with van der Waals surface area (Å²) in [5.74, 6) is -1.42. The van der Waals surface area contributed by atoms with Crippen LogP contribution in [0, 0.1) is 12.8 Å². The molecule has 0 amide bonds. The number of methoxy groups -OCH3 is 1. The van der Waals surface area contributed by atoms with Crippen LogP contribution in [0.2, 0.25) is 0 Å². The van der Waals surface area contributed by atoms with Crippen LogP contribution in [0.1, 0.15) is 34.3 Å². The summed E-state index contributed by atoms with van der Waals surface area (Å²) in [7, 11) is 1.58. The van der Waals surface area contributed by atoms with E-state index in [-0.39, 0.29) is 24.2 Å². The molecule has 2 aromatic rings.